The summed E-state index contributed by atoms with van der Waals surface area (Å²) in [7, 11) is -2.21. The number of hydrogen-bond acceptors (Lipinski definition) is 3. The van der Waals surface area contributed by atoms with E-state index in [4.69, 9.17) is 5.11 Å². The summed E-state index contributed by atoms with van der Waals surface area (Å²) in [5, 5.41) is 8.52. The number of aliphatic carboxylic acids is 1. The minimum Gasteiger partial charge on any atom is -0.481 e. The summed E-state index contributed by atoms with van der Waals surface area (Å²) in [6.45, 7) is 1.77. The fourth-order valence-electron chi connectivity index (χ4n) is 1.33. The van der Waals surface area contributed by atoms with Gasteiger partial charge in [-0.3, -0.25) is 4.79 Å². The van der Waals surface area contributed by atoms with E-state index in [1.54, 1.807) is 25.1 Å². The van der Waals surface area contributed by atoms with Crippen molar-refractivity contribution in [2.24, 2.45) is 0 Å². The topological polar surface area (TPSA) is 74.7 Å². The third-order valence-corrected chi connectivity index (χ3v) is 4.19. The molecule has 1 N–H and O–H groups in total. The van der Waals surface area contributed by atoms with Crippen molar-refractivity contribution < 1.29 is 18.3 Å². The Bertz CT molecular complexity index is 510. The third-order valence-electron chi connectivity index (χ3n) is 2.34. The van der Waals surface area contributed by atoms with E-state index < -0.39 is 16.0 Å². The standard InChI is InChI=1S/C11H15NO4S/c1-9-4-3-5-10(8-9)17(15,16)12(2)7-6-11(13)14/h3-5,8H,6-7H2,1-2H3,(H,13,14). The number of sulfonamides is 1. The first-order valence-corrected chi connectivity index (χ1v) is 6.53. The maximum atomic E-state index is 12.0. The Kier molecular flexibility index (Phi) is 4.25. The maximum absolute atomic E-state index is 12.0. The Hall–Kier alpha value is -1.40. The van der Waals surface area contributed by atoms with Crippen molar-refractivity contribution in [3.8, 4) is 0 Å². The second-order valence-electron chi connectivity index (χ2n) is 3.79. The van der Waals surface area contributed by atoms with Gasteiger partial charge in [0.05, 0.1) is 11.3 Å². The van der Waals surface area contributed by atoms with Gasteiger partial charge in [-0.2, -0.15) is 0 Å². The number of aryl methyl sites for hydroxylation is 1. The third kappa shape index (κ3) is 3.54. The molecule has 0 saturated heterocycles. The molecule has 5 nitrogen and oxygen atoms in total. The summed E-state index contributed by atoms with van der Waals surface area (Å²) in [4.78, 5) is 10.6. The zero-order valence-corrected chi connectivity index (χ0v) is 10.6. The van der Waals surface area contributed by atoms with E-state index in [0.717, 1.165) is 9.87 Å². The van der Waals surface area contributed by atoms with Crippen molar-refractivity contribution in [1.82, 2.24) is 4.31 Å². The first-order chi connectivity index (χ1) is 7.84. The van der Waals surface area contributed by atoms with Crippen LogP contribution in [-0.4, -0.2) is 37.4 Å². The van der Waals surface area contributed by atoms with Crippen molar-refractivity contribution in [2.45, 2.75) is 18.2 Å². The molecule has 0 spiro atoms. The monoisotopic (exact) mass is 257 g/mol. The predicted octanol–water partition coefficient (Wildman–Crippen LogP) is 1.09. The van der Waals surface area contributed by atoms with E-state index in [-0.39, 0.29) is 17.9 Å². The van der Waals surface area contributed by atoms with Gasteiger partial charge < -0.3 is 5.11 Å². The highest BCUT2D eigenvalue weighted by Crippen LogP contribution is 2.15. The van der Waals surface area contributed by atoms with E-state index in [0.29, 0.717) is 0 Å². The van der Waals surface area contributed by atoms with Crippen LogP contribution in [0.1, 0.15) is 12.0 Å². The van der Waals surface area contributed by atoms with Crippen LogP contribution in [0, 0.1) is 6.92 Å². The summed E-state index contributed by atoms with van der Waals surface area (Å²) < 4.78 is 25.1. The lowest BCUT2D eigenvalue weighted by Crippen LogP contribution is -2.29. The summed E-state index contributed by atoms with van der Waals surface area (Å²) in [5.74, 6) is -1.02. The highest BCUT2D eigenvalue weighted by molar-refractivity contribution is 7.89. The minimum absolute atomic E-state index is 0.0361. The zero-order chi connectivity index (χ0) is 13.1. The fraction of sp³-hybridized carbons (Fsp3) is 0.364. The molecule has 0 aliphatic heterocycles. The van der Waals surface area contributed by atoms with E-state index in [9.17, 15) is 13.2 Å². The van der Waals surface area contributed by atoms with Gasteiger partial charge in [0.15, 0.2) is 0 Å². The Labute approximate surface area is 101 Å². The molecule has 0 radical (unpaired) electrons. The molecule has 1 rings (SSSR count). The van der Waals surface area contributed by atoms with Crippen LogP contribution >= 0.6 is 0 Å². The number of hydrogen-bond donors (Lipinski definition) is 1. The van der Waals surface area contributed by atoms with Gasteiger partial charge in [0, 0.05) is 13.6 Å². The zero-order valence-electron chi connectivity index (χ0n) is 9.75. The molecule has 0 atom stereocenters. The molecule has 0 saturated carbocycles. The Morgan fingerprint density at radius 3 is 2.59 bits per heavy atom. The second-order valence-corrected chi connectivity index (χ2v) is 5.83. The number of carbonyl (C=O) groups is 1. The molecule has 0 aliphatic rings. The molecule has 94 valence electrons. The van der Waals surface area contributed by atoms with Gasteiger partial charge in [0.2, 0.25) is 10.0 Å². The summed E-state index contributed by atoms with van der Waals surface area (Å²) in [5.41, 5.74) is 0.845. The molecule has 0 amide bonds. The van der Waals surface area contributed by atoms with Crippen molar-refractivity contribution in [1.29, 1.82) is 0 Å². The van der Waals surface area contributed by atoms with Gasteiger partial charge in [-0.05, 0) is 24.6 Å². The molecular formula is C11H15NO4S. The first-order valence-electron chi connectivity index (χ1n) is 5.09. The van der Waals surface area contributed by atoms with Crippen molar-refractivity contribution in [3.05, 3.63) is 29.8 Å². The molecule has 6 heteroatoms. The SMILES string of the molecule is Cc1cccc(S(=O)(=O)N(C)CCC(=O)O)c1. The lowest BCUT2D eigenvalue weighted by molar-refractivity contribution is -0.137. The van der Waals surface area contributed by atoms with Crippen LogP contribution in [0.4, 0.5) is 0 Å². The highest BCUT2D eigenvalue weighted by Gasteiger charge is 2.20. The van der Waals surface area contributed by atoms with Gasteiger partial charge in [-0.15, -0.1) is 0 Å². The molecule has 0 bridgehead atoms. The lowest BCUT2D eigenvalue weighted by Gasteiger charge is -2.16. The highest BCUT2D eigenvalue weighted by atomic mass is 32.2. The summed E-state index contributed by atoms with van der Waals surface area (Å²) >= 11 is 0. The fourth-order valence-corrected chi connectivity index (χ4v) is 2.61. The first kappa shape index (κ1) is 13.7. The maximum Gasteiger partial charge on any atom is 0.304 e. The number of carboxylic acid groups (broad SMARTS) is 1. The normalized spacial score (nSPS) is 11.7. The number of nitrogens with zero attached hydrogens (tertiary/aromatic N) is 1. The van der Waals surface area contributed by atoms with Crippen LogP contribution in [0.3, 0.4) is 0 Å². The predicted molar refractivity (Wildman–Crippen MR) is 63.2 cm³/mol. The second kappa shape index (κ2) is 5.29. The van der Waals surface area contributed by atoms with Gasteiger partial charge in [-0.25, -0.2) is 12.7 Å². The molecule has 0 unspecified atom stereocenters. The average molecular weight is 257 g/mol. The average Bonchev–Trinajstić information content (AvgIpc) is 2.25. The van der Waals surface area contributed by atoms with Crippen LogP contribution in [0.15, 0.2) is 29.2 Å². The Balaban J connectivity index is 2.91. The molecule has 1 aromatic rings. The lowest BCUT2D eigenvalue weighted by atomic mass is 10.2. The van der Waals surface area contributed by atoms with E-state index in [2.05, 4.69) is 0 Å². The number of carboxylic acids is 1. The van der Waals surface area contributed by atoms with Crippen molar-refractivity contribution >= 4 is 16.0 Å². The van der Waals surface area contributed by atoms with Crippen molar-refractivity contribution in [3.63, 3.8) is 0 Å². The van der Waals surface area contributed by atoms with Crippen LogP contribution in [0.25, 0.3) is 0 Å². The van der Waals surface area contributed by atoms with Gasteiger partial charge in [-0.1, -0.05) is 12.1 Å². The largest absolute Gasteiger partial charge is 0.481 e. The minimum atomic E-state index is -3.59. The quantitative estimate of drug-likeness (QED) is 0.856. The van der Waals surface area contributed by atoms with Crippen LogP contribution < -0.4 is 0 Å². The van der Waals surface area contributed by atoms with Gasteiger partial charge in [0.25, 0.3) is 0 Å². The van der Waals surface area contributed by atoms with Crippen LogP contribution in [0.2, 0.25) is 0 Å². The number of benzene rings is 1. The Morgan fingerprint density at radius 2 is 2.06 bits per heavy atom. The molecule has 0 heterocycles. The molecule has 0 fully saturated rings. The van der Waals surface area contributed by atoms with Crippen molar-refractivity contribution in [2.75, 3.05) is 13.6 Å². The van der Waals surface area contributed by atoms with Crippen LogP contribution in [-0.2, 0) is 14.8 Å². The molecular weight excluding hydrogens is 242 g/mol. The molecule has 17 heavy (non-hydrogen) atoms. The summed E-state index contributed by atoms with van der Waals surface area (Å²) in [6.07, 6.45) is -0.207. The van der Waals surface area contributed by atoms with E-state index >= 15 is 0 Å². The number of rotatable bonds is 5. The molecule has 0 aliphatic carbocycles. The van der Waals surface area contributed by atoms with E-state index in [1.807, 2.05) is 0 Å². The molecule has 1 aromatic carbocycles. The molecule has 0 aromatic heterocycles. The summed E-state index contributed by atoms with van der Waals surface area (Å²) in [6, 6.07) is 6.52. The van der Waals surface area contributed by atoms with Gasteiger partial charge >= 0.3 is 5.97 Å². The van der Waals surface area contributed by atoms with E-state index in [1.165, 1.54) is 13.1 Å². The van der Waals surface area contributed by atoms with Crippen LogP contribution in [0.5, 0.6) is 0 Å². The van der Waals surface area contributed by atoms with Gasteiger partial charge in [0.1, 0.15) is 0 Å². The smallest absolute Gasteiger partial charge is 0.304 e. The Morgan fingerprint density at radius 1 is 1.41 bits per heavy atom.